The highest BCUT2D eigenvalue weighted by atomic mass is 16.5. The van der Waals surface area contributed by atoms with Crippen molar-refractivity contribution in [3.63, 3.8) is 0 Å². The van der Waals surface area contributed by atoms with Gasteiger partial charge in [0.05, 0.1) is 23.9 Å². The van der Waals surface area contributed by atoms with Crippen molar-refractivity contribution in [3.05, 3.63) is 82.9 Å². The van der Waals surface area contributed by atoms with E-state index in [1.54, 1.807) is 24.3 Å². The molecule has 5 heteroatoms. The van der Waals surface area contributed by atoms with Crippen LogP contribution in [0.1, 0.15) is 31.8 Å². The van der Waals surface area contributed by atoms with Gasteiger partial charge in [-0.15, -0.1) is 0 Å². The van der Waals surface area contributed by atoms with Crippen molar-refractivity contribution in [1.29, 1.82) is 0 Å². The van der Waals surface area contributed by atoms with Crippen molar-refractivity contribution in [2.45, 2.75) is 0 Å². The SMILES string of the molecule is COc1ccc2c(c1Nc1ccccc1)C(=O)c1c(O)cccc1C2=O. The van der Waals surface area contributed by atoms with Crippen molar-refractivity contribution >= 4 is 22.9 Å². The molecule has 0 saturated heterocycles. The van der Waals surface area contributed by atoms with Crippen molar-refractivity contribution in [2.24, 2.45) is 0 Å². The van der Waals surface area contributed by atoms with Crippen LogP contribution in [0.5, 0.6) is 11.5 Å². The van der Waals surface area contributed by atoms with Gasteiger partial charge in [0.2, 0.25) is 0 Å². The molecule has 26 heavy (non-hydrogen) atoms. The summed E-state index contributed by atoms with van der Waals surface area (Å²) in [6.07, 6.45) is 0. The lowest BCUT2D eigenvalue weighted by atomic mass is 9.82. The van der Waals surface area contributed by atoms with E-state index in [1.807, 2.05) is 30.3 Å². The van der Waals surface area contributed by atoms with Crippen molar-refractivity contribution in [1.82, 2.24) is 0 Å². The smallest absolute Gasteiger partial charge is 0.200 e. The Kier molecular flexibility index (Phi) is 3.69. The first-order valence-electron chi connectivity index (χ1n) is 8.06. The maximum absolute atomic E-state index is 13.1. The number of anilines is 2. The number of hydrogen-bond donors (Lipinski definition) is 2. The van der Waals surface area contributed by atoms with Crippen molar-refractivity contribution in [2.75, 3.05) is 12.4 Å². The van der Waals surface area contributed by atoms with E-state index in [9.17, 15) is 14.7 Å². The van der Waals surface area contributed by atoms with Gasteiger partial charge in [-0.05, 0) is 30.3 Å². The zero-order valence-electron chi connectivity index (χ0n) is 13.9. The molecule has 1 aliphatic rings. The molecule has 0 aromatic heterocycles. The minimum atomic E-state index is -0.412. The number of aromatic hydroxyl groups is 1. The summed E-state index contributed by atoms with van der Waals surface area (Å²) in [5.74, 6) is -0.484. The highest BCUT2D eigenvalue weighted by Gasteiger charge is 2.35. The largest absolute Gasteiger partial charge is 0.507 e. The van der Waals surface area contributed by atoms with E-state index in [2.05, 4.69) is 5.32 Å². The molecule has 0 radical (unpaired) electrons. The number of methoxy groups -OCH3 is 1. The topological polar surface area (TPSA) is 75.6 Å². The van der Waals surface area contributed by atoms with E-state index < -0.39 is 5.78 Å². The van der Waals surface area contributed by atoms with Crippen LogP contribution < -0.4 is 10.1 Å². The number of para-hydroxylation sites is 1. The predicted octanol–water partition coefficient (Wildman–Crippen LogP) is 3.92. The molecule has 1 aliphatic carbocycles. The molecule has 4 rings (SSSR count). The first kappa shape index (κ1) is 15.9. The number of ketones is 2. The molecule has 0 heterocycles. The fraction of sp³-hybridized carbons (Fsp3) is 0.0476. The van der Waals surface area contributed by atoms with E-state index >= 15 is 0 Å². The molecule has 0 unspecified atom stereocenters. The second-order valence-corrected chi connectivity index (χ2v) is 5.91. The van der Waals surface area contributed by atoms with E-state index in [0.29, 0.717) is 11.4 Å². The maximum Gasteiger partial charge on any atom is 0.200 e. The van der Waals surface area contributed by atoms with Crippen LogP contribution in [0.4, 0.5) is 11.4 Å². The number of ether oxygens (including phenoxy) is 1. The summed E-state index contributed by atoms with van der Waals surface area (Å²) in [5, 5.41) is 13.3. The Morgan fingerprint density at radius 3 is 2.27 bits per heavy atom. The molecule has 0 fully saturated rings. The van der Waals surface area contributed by atoms with Crippen LogP contribution in [0, 0.1) is 0 Å². The third-order valence-corrected chi connectivity index (χ3v) is 4.42. The number of carbonyl (C=O) groups excluding carboxylic acids is 2. The molecule has 3 aromatic rings. The van der Waals surface area contributed by atoms with Gasteiger partial charge in [0, 0.05) is 16.8 Å². The Hall–Kier alpha value is -3.60. The number of carbonyl (C=O) groups is 2. The van der Waals surface area contributed by atoms with Crippen LogP contribution in [0.15, 0.2) is 60.7 Å². The summed E-state index contributed by atoms with van der Waals surface area (Å²) in [4.78, 5) is 26.0. The highest BCUT2D eigenvalue weighted by molar-refractivity contribution is 6.31. The third kappa shape index (κ3) is 2.33. The Bertz CT molecular complexity index is 1040. The van der Waals surface area contributed by atoms with Gasteiger partial charge in [-0.2, -0.15) is 0 Å². The normalized spacial score (nSPS) is 12.3. The Morgan fingerprint density at radius 1 is 0.808 bits per heavy atom. The molecule has 128 valence electrons. The number of hydrogen-bond acceptors (Lipinski definition) is 5. The molecule has 0 amide bonds. The number of fused-ring (bicyclic) bond motifs is 2. The number of phenols is 1. The molecule has 5 nitrogen and oxygen atoms in total. The van der Waals surface area contributed by atoms with Crippen LogP contribution in [0.3, 0.4) is 0 Å². The minimum absolute atomic E-state index is 0.0226. The van der Waals surface area contributed by atoms with Crippen LogP contribution in [-0.2, 0) is 0 Å². The van der Waals surface area contributed by atoms with E-state index in [-0.39, 0.29) is 33.8 Å². The van der Waals surface area contributed by atoms with Gasteiger partial charge in [0.15, 0.2) is 11.6 Å². The molecule has 0 aliphatic heterocycles. The Balaban J connectivity index is 1.96. The quantitative estimate of drug-likeness (QED) is 0.589. The average molecular weight is 345 g/mol. The van der Waals surface area contributed by atoms with E-state index in [4.69, 9.17) is 4.74 Å². The summed E-state index contributed by atoms with van der Waals surface area (Å²) < 4.78 is 5.40. The second kappa shape index (κ2) is 6.04. The second-order valence-electron chi connectivity index (χ2n) is 5.91. The van der Waals surface area contributed by atoms with Crippen molar-refractivity contribution < 1.29 is 19.4 Å². The molecule has 0 spiro atoms. The molecular formula is C21H15NO4. The van der Waals surface area contributed by atoms with Gasteiger partial charge < -0.3 is 15.2 Å². The maximum atomic E-state index is 13.1. The minimum Gasteiger partial charge on any atom is -0.507 e. The molecule has 0 atom stereocenters. The Labute approximate surface area is 149 Å². The van der Waals surface area contributed by atoms with Gasteiger partial charge in [-0.25, -0.2) is 0 Å². The summed E-state index contributed by atoms with van der Waals surface area (Å²) in [5.41, 5.74) is 1.87. The lowest BCUT2D eigenvalue weighted by molar-refractivity contribution is 0.0977. The number of benzene rings is 3. The monoisotopic (exact) mass is 345 g/mol. The summed E-state index contributed by atoms with van der Waals surface area (Å²) in [6, 6.07) is 17.0. The summed E-state index contributed by atoms with van der Waals surface area (Å²) in [7, 11) is 1.50. The number of phenolic OH excluding ortho intramolecular Hbond substituents is 1. The first-order chi connectivity index (χ1) is 12.6. The van der Waals surface area contributed by atoms with Crippen LogP contribution in [0.25, 0.3) is 0 Å². The van der Waals surface area contributed by atoms with E-state index in [0.717, 1.165) is 5.69 Å². The molecule has 3 aromatic carbocycles. The molecular weight excluding hydrogens is 330 g/mol. The lowest BCUT2D eigenvalue weighted by Crippen LogP contribution is -2.22. The number of nitrogens with one attached hydrogen (secondary N) is 1. The summed E-state index contributed by atoms with van der Waals surface area (Å²) >= 11 is 0. The third-order valence-electron chi connectivity index (χ3n) is 4.42. The van der Waals surface area contributed by atoms with Gasteiger partial charge in [-0.3, -0.25) is 9.59 Å². The first-order valence-corrected chi connectivity index (χ1v) is 8.06. The Morgan fingerprint density at radius 2 is 1.54 bits per heavy atom. The molecule has 0 saturated carbocycles. The van der Waals surface area contributed by atoms with Crippen molar-refractivity contribution in [3.8, 4) is 11.5 Å². The zero-order valence-corrected chi connectivity index (χ0v) is 13.9. The molecule has 0 bridgehead atoms. The van der Waals surface area contributed by atoms with Crippen LogP contribution in [0.2, 0.25) is 0 Å². The fourth-order valence-electron chi connectivity index (χ4n) is 3.21. The molecule has 2 N–H and O–H groups in total. The average Bonchev–Trinajstić information content (AvgIpc) is 2.66. The predicted molar refractivity (Wildman–Crippen MR) is 97.7 cm³/mol. The van der Waals surface area contributed by atoms with Crippen LogP contribution in [-0.4, -0.2) is 23.8 Å². The van der Waals surface area contributed by atoms with Crippen LogP contribution >= 0.6 is 0 Å². The van der Waals surface area contributed by atoms with Gasteiger partial charge in [0.25, 0.3) is 0 Å². The number of rotatable bonds is 3. The standard InChI is InChI=1S/C21H15NO4/c1-26-16-11-10-14-18(19(16)22-12-6-3-2-4-7-12)21(25)17-13(20(14)24)8-5-9-15(17)23/h2-11,22-23H,1H3. The van der Waals surface area contributed by atoms with Gasteiger partial charge in [0.1, 0.15) is 11.5 Å². The summed E-state index contributed by atoms with van der Waals surface area (Å²) in [6.45, 7) is 0. The zero-order chi connectivity index (χ0) is 18.3. The fourth-order valence-corrected chi connectivity index (χ4v) is 3.21. The highest BCUT2D eigenvalue weighted by Crippen LogP contribution is 2.41. The lowest BCUT2D eigenvalue weighted by Gasteiger charge is -2.23. The van der Waals surface area contributed by atoms with Gasteiger partial charge in [-0.1, -0.05) is 30.3 Å². The van der Waals surface area contributed by atoms with Gasteiger partial charge >= 0.3 is 0 Å². The van der Waals surface area contributed by atoms with E-state index in [1.165, 1.54) is 13.2 Å².